The second-order valence-corrected chi connectivity index (χ2v) is 11.3. The molecule has 0 spiro atoms. The van der Waals surface area contributed by atoms with Crippen LogP contribution in [0.2, 0.25) is 5.02 Å². The summed E-state index contributed by atoms with van der Waals surface area (Å²) < 4.78 is 28.2. The maximum Gasteiger partial charge on any atom is 0.260 e. The van der Waals surface area contributed by atoms with E-state index in [0.717, 1.165) is 17.8 Å². The molecule has 0 aliphatic rings. The Labute approximate surface area is 222 Å². The summed E-state index contributed by atoms with van der Waals surface area (Å²) in [5.41, 5.74) is 1.03. The molecule has 0 atom stereocenters. The summed E-state index contributed by atoms with van der Waals surface area (Å²) in [6, 6.07) is 11.6. The predicted molar refractivity (Wildman–Crippen MR) is 150 cm³/mol. The van der Waals surface area contributed by atoms with Gasteiger partial charge in [0.25, 0.3) is 5.91 Å². The Balaban J connectivity index is 1.94. The Bertz CT molecular complexity index is 1310. The van der Waals surface area contributed by atoms with Crippen LogP contribution in [0, 0.1) is 0 Å². The Morgan fingerprint density at radius 3 is 2.22 bits per heavy atom. The van der Waals surface area contributed by atoms with Crippen LogP contribution in [0.15, 0.2) is 72.7 Å². The molecule has 0 saturated heterocycles. The highest BCUT2D eigenvalue weighted by molar-refractivity contribution is 7.89. The third-order valence-corrected chi connectivity index (χ3v) is 8.97. The van der Waals surface area contributed by atoms with Gasteiger partial charge in [-0.3, -0.25) is 9.69 Å². The molecule has 0 unspecified atom stereocenters. The topological polar surface area (TPSA) is 73.8 Å². The second kappa shape index (κ2) is 12.6. The Kier molecular flexibility index (Phi) is 9.81. The van der Waals surface area contributed by atoms with Gasteiger partial charge in [-0.15, -0.1) is 13.2 Å². The number of benzene rings is 2. The normalized spacial score (nSPS) is 11.8. The summed E-state index contributed by atoms with van der Waals surface area (Å²) in [5, 5.41) is 1.08. The van der Waals surface area contributed by atoms with Crippen molar-refractivity contribution in [3.05, 3.63) is 78.4 Å². The number of amides is 1. The Morgan fingerprint density at radius 1 is 1.03 bits per heavy atom. The molecule has 0 saturated carbocycles. The van der Waals surface area contributed by atoms with Crippen LogP contribution < -0.4 is 4.90 Å². The fourth-order valence-corrected chi connectivity index (χ4v) is 6.39. The number of carbonyl (C=O) groups excluding carboxylic acids is 1. The quantitative estimate of drug-likeness (QED) is 0.272. The molecule has 3 rings (SSSR count). The van der Waals surface area contributed by atoms with E-state index < -0.39 is 10.0 Å². The fourth-order valence-electron chi connectivity index (χ4n) is 3.72. The molecule has 1 amide bonds. The molecule has 1 aromatic heterocycles. The smallest absolute Gasteiger partial charge is 0.260 e. The molecule has 192 valence electrons. The van der Waals surface area contributed by atoms with Crippen LogP contribution in [0.5, 0.6) is 0 Å². The number of para-hydroxylation sites is 1. The van der Waals surface area contributed by atoms with Gasteiger partial charge in [0.1, 0.15) is 5.52 Å². The summed E-state index contributed by atoms with van der Waals surface area (Å²) in [4.78, 5) is 22.3. The summed E-state index contributed by atoms with van der Waals surface area (Å²) in [5.74, 6) is -0.254. The lowest BCUT2D eigenvalue weighted by Gasteiger charge is -2.25. The molecule has 0 bridgehead atoms. The molecule has 0 aliphatic heterocycles. The predicted octanol–water partition coefficient (Wildman–Crippen LogP) is 5.30. The van der Waals surface area contributed by atoms with Gasteiger partial charge in [0.05, 0.1) is 14.6 Å². The van der Waals surface area contributed by atoms with Crippen molar-refractivity contribution in [3.63, 3.8) is 0 Å². The standard InChI is InChI=1S/C26H31ClN4O3S2/c1-5-16-30(17-6-2)36(33,34)21-14-12-20(13-15-21)25(32)31(19-18-29(7-3)8-4)26-28-24-22(27)10-9-11-23(24)35-26/h5-6,9-15H,1-2,7-8,16-19H2,3-4H3. The number of sulfonamides is 1. The largest absolute Gasteiger partial charge is 0.302 e. The highest BCUT2D eigenvalue weighted by atomic mass is 35.5. The van der Waals surface area contributed by atoms with Crippen LogP contribution in [0.3, 0.4) is 0 Å². The number of likely N-dealkylation sites (N-methyl/N-ethyl adjacent to an activating group) is 1. The molecular weight excluding hydrogens is 516 g/mol. The van der Waals surface area contributed by atoms with Crippen molar-refractivity contribution < 1.29 is 13.2 Å². The van der Waals surface area contributed by atoms with Crippen molar-refractivity contribution >= 4 is 54.2 Å². The van der Waals surface area contributed by atoms with E-state index in [4.69, 9.17) is 11.6 Å². The lowest BCUT2D eigenvalue weighted by atomic mass is 10.2. The highest BCUT2D eigenvalue weighted by Crippen LogP contribution is 2.33. The van der Waals surface area contributed by atoms with Crippen LogP contribution in [-0.2, 0) is 10.0 Å². The number of halogens is 1. The molecule has 0 N–H and O–H groups in total. The first-order chi connectivity index (χ1) is 17.3. The minimum absolute atomic E-state index is 0.101. The summed E-state index contributed by atoms with van der Waals surface area (Å²) >= 11 is 7.74. The molecule has 0 radical (unpaired) electrons. The van der Waals surface area contributed by atoms with Crippen molar-refractivity contribution in [3.8, 4) is 0 Å². The van der Waals surface area contributed by atoms with Crippen molar-refractivity contribution in [1.29, 1.82) is 0 Å². The van der Waals surface area contributed by atoms with Gasteiger partial charge in [0.2, 0.25) is 10.0 Å². The number of carbonyl (C=O) groups is 1. The average Bonchev–Trinajstić information content (AvgIpc) is 3.31. The van der Waals surface area contributed by atoms with E-state index in [0.29, 0.717) is 34.3 Å². The van der Waals surface area contributed by atoms with E-state index >= 15 is 0 Å². The van der Waals surface area contributed by atoms with E-state index in [1.807, 2.05) is 12.1 Å². The molecule has 0 fully saturated rings. The van der Waals surface area contributed by atoms with Crippen molar-refractivity contribution in [1.82, 2.24) is 14.2 Å². The van der Waals surface area contributed by atoms with Crippen LogP contribution >= 0.6 is 22.9 Å². The molecule has 2 aromatic carbocycles. The fraction of sp³-hybridized carbons (Fsp3) is 0.308. The van der Waals surface area contributed by atoms with Crippen LogP contribution in [0.25, 0.3) is 10.2 Å². The minimum Gasteiger partial charge on any atom is -0.302 e. The van der Waals surface area contributed by atoms with Gasteiger partial charge in [-0.05, 0) is 49.5 Å². The molecule has 3 aromatic rings. The molecule has 1 heterocycles. The number of hydrogen-bond donors (Lipinski definition) is 0. The zero-order valence-corrected chi connectivity index (χ0v) is 22.9. The first-order valence-corrected chi connectivity index (χ1v) is 14.3. The van der Waals surface area contributed by atoms with Gasteiger partial charge in [-0.2, -0.15) is 4.31 Å². The number of anilines is 1. The Morgan fingerprint density at radius 2 is 1.67 bits per heavy atom. The SMILES string of the molecule is C=CCN(CC=C)S(=O)(=O)c1ccc(C(=O)N(CCN(CC)CC)c2nc3c(Cl)cccc3s2)cc1. The van der Waals surface area contributed by atoms with Gasteiger partial charge < -0.3 is 4.90 Å². The number of nitrogens with zero attached hydrogens (tertiary/aromatic N) is 4. The first-order valence-electron chi connectivity index (χ1n) is 11.7. The van der Waals surface area contributed by atoms with Crippen LogP contribution in [0.1, 0.15) is 24.2 Å². The maximum absolute atomic E-state index is 13.7. The van der Waals surface area contributed by atoms with Crippen molar-refractivity contribution in [2.75, 3.05) is 44.2 Å². The first kappa shape index (κ1) is 28.0. The highest BCUT2D eigenvalue weighted by Gasteiger charge is 2.25. The lowest BCUT2D eigenvalue weighted by molar-refractivity contribution is 0.0983. The third-order valence-electron chi connectivity index (χ3n) is 5.77. The van der Waals surface area contributed by atoms with E-state index in [-0.39, 0.29) is 23.9 Å². The zero-order valence-electron chi connectivity index (χ0n) is 20.6. The minimum atomic E-state index is -3.76. The van der Waals surface area contributed by atoms with Gasteiger partial charge >= 0.3 is 0 Å². The summed E-state index contributed by atoms with van der Waals surface area (Å²) in [6.07, 6.45) is 3.05. The van der Waals surface area contributed by atoms with Gasteiger partial charge in [0, 0.05) is 31.7 Å². The van der Waals surface area contributed by atoms with Crippen LogP contribution in [-0.4, -0.2) is 67.8 Å². The lowest BCUT2D eigenvalue weighted by Crippen LogP contribution is -2.39. The van der Waals surface area contributed by atoms with Gasteiger partial charge in [0.15, 0.2) is 5.13 Å². The molecule has 7 nitrogen and oxygen atoms in total. The number of aromatic nitrogens is 1. The van der Waals surface area contributed by atoms with E-state index in [9.17, 15) is 13.2 Å². The van der Waals surface area contributed by atoms with Crippen molar-refractivity contribution in [2.24, 2.45) is 0 Å². The Hall–Kier alpha value is -2.56. The van der Waals surface area contributed by atoms with E-state index in [2.05, 4.69) is 36.9 Å². The number of rotatable bonds is 13. The van der Waals surface area contributed by atoms with E-state index in [1.165, 1.54) is 39.9 Å². The number of hydrogen-bond acceptors (Lipinski definition) is 6. The number of fused-ring (bicyclic) bond motifs is 1. The van der Waals surface area contributed by atoms with Crippen molar-refractivity contribution in [2.45, 2.75) is 18.7 Å². The third kappa shape index (κ3) is 6.22. The maximum atomic E-state index is 13.7. The summed E-state index contributed by atoms with van der Waals surface area (Å²) in [6.45, 7) is 14.6. The average molecular weight is 547 g/mol. The monoisotopic (exact) mass is 546 g/mol. The van der Waals surface area contributed by atoms with Gasteiger partial charge in [-0.1, -0.05) is 55.0 Å². The van der Waals surface area contributed by atoms with Gasteiger partial charge in [-0.25, -0.2) is 13.4 Å². The zero-order chi connectivity index (χ0) is 26.3. The second-order valence-electron chi connectivity index (χ2n) is 7.99. The molecule has 36 heavy (non-hydrogen) atoms. The molecule has 0 aliphatic carbocycles. The molecular formula is C26H31ClN4O3S2. The summed E-state index contributed by atoms with van der Waals surface area (Å²) in [7, 11) is -3.76. The molecule has 10 heteroatoms. The number of thiazole rings is 1. The van der Waals surface area contributed by atoms with E-state index in [1.54, 1.807) is 23.1 Å². The van der Waals surface area contributed by atoms with Crippen LogP contribution in [0.4, 0.5) is 5.13 Å².